The number of carbonyl (C=O) groups excluding carboxylic acids is 2. The van der Waals surface area contributed by atoms with E-state index in [1.165, 1.54) is 22.3 Å². The molecule has 0 fully saturated rings. The Balaban J connectivity index is 1.79. The van der Waals surface area contributed by atoms with Crippen LogP contribution in [0.5, 0.6) is 5.75 Å². The maximum atomic E-state index is 13.2. The van der Waals surface area contributed by atoms with Crippen LogP contribution >= 0.6 is 11.3 Å². The van der Waals surface area contributed by atoms with Crippen molar-refractivity contribution in [2.75, 3.05) is 11.5 Å². The molecular formula is C24H21N3O4S. The van der Waals surface area contributed by atoms with Crippen LogP contribution in [0, 0.1) is 6.92 Å². The fourth-order valence-corrected chi connectivity index (χ4v) is 4.23. The third-order valence-corrected chi connectivity index (χ3v) is 5.74. The molecule has 1 aliphatic rings. The van der Waals surface area contributed by atoms with Crippen LogP contribution in [-0.2, 0) is 9.59 Å². The molecule has 162 valence electrons. The molecule has 4 rings (SSSR count). The van der Waals surface area contributed by atoms with Crippen LogP contribution in [0.1, 0.15) is 29.1 Å². The lowest BCUT2D eigenvalue weighted by molar-refractivity contribution is -0.117. The van der Waals surface area contributed by atoms with E-state index < -0.39 is 23.5 Å². The van der Waals surface area contributed by atoms with Crippen molar-refractivity contribution in [2.24, 2.45) is 0 Å². The summed E-state index contributed by atoms with van der Waals surface area (Å²) in [5.41, 5.74) is 1.44. The number of hydrogen-bond donors (Lipinski definition) is 1. The highest BCUT2D eigenvalue weighted by Gasteiger charge is 2.45. The number of anilines is 1. The van der Waals surface area contributed by atoms with Crippen molar-refractivity contribution in [1.29, 1.82) is 0 Å². The number of hydrogen-bond acceptors (Lipinski definition) is 7. The summed E-state index contributed by atoms with van der Waals surface area (Å²) >= 11 is 1.21. The maximum Gasteiger partial charge on any atom is 0.296 e. The average molecular weight is 448 g/mol. The lowest BCUT2D eigenvalue weighted by Crippen LogP contribution is -2.30. The van der Waals surface area contributed by atoms with E-state index in [9.17, 15) is 14.7 Å². The molecule has 0 aliphatic carbocycles. The van der Waals surface area contributed by atoms with Crippen LogP contribution in [0.3, 0.4) is 0 Å². The predicted molar refractivity (Wildman–Crippen MR) is 123 cm³/mol. The first-order valence-electron chi connectivity index (χ1n) is 10.1. The highest BCUT2D eigenvalue weighted by molar-refractivity contribution is 7.15. The van der Waals surface area contributed by atoms with Gasteiger partial charge in [0.05, 0.1) is 18.2 Å². The van der Waals surface area contributed by atoms with Crippen molar-refractivity contribution in [3.63, 3.8) is 0 Å². The van der Waals surface area contributed by atoms with Crippen molar-refractivity contribution in [3.05, 3.63) is 88.1 Å². The van der Waals surface area contributed by atoms with Crippen molar-refractivity contribution >= 4 is 34.2 Å². The zero-order valence-corrected chi connectivity index (χ0v) is 18.4. The summed E-state index contributed by atoms with van der Waals surface area (Å²) in [6.45, 7) is 4.12. The topological polar surface area (TPSA) is 92.6 Å². The molecule has 3 aromatic rings. The van der Waals surface area contributed by atoms with Crippen LogP contribution in [0.15, 0.2) is 72.0 Å². The van der Waals surface area contributed by atoms with Crippen molar-refractivity contribution in [3.8, 4) is 5.75 Å². The Hall–Kier alpha value is -3.78. The molecule has 1 N–H and O–H groups in total. The first-order chi connectivity index (χ1) is 15.5. The van der Waals surface area contributed by atoms with Gasteiger partial charge >= 0.3 is 0 Å². The number of aliphatic hydroxyl groups excluding tert-OH is 1. The van der Waals surface area contributed by atoms with Gasteiger partial charge < -0.3 is 9.84 Å². The number of aryl methyl sites for hydroxylation is 1. The highest BCUT2D eigenvalue weighted by atomic mass is 32.1. The number of ketones is 1. The number of aliphatic hydroxyl groups is 1. The Bertz CT molecular complexity index is 1220. The van der Waals surface area contributed by atoms with Crippen LogP contribution in [0.2, 0.25) is 0 Å². The Labute approximate surface area is 189 Å². The van der Waals surface area contributed by atoms with Crippen LogP contribution in [-0.4, -0.2) is 33.6 Å². The summed E-state index contributed by atoms with van der Waals surface area (Å²) in [6.07, 6.45) is 3.01. The fraction of sp³-hybridized carbons (Fsp3) is 0.167. The molecule has 0 radical (unpaired) electrons. The van der Waals surface area contributed by atoms with Crippen molar-refractivity contribution < 1.29 is 19.4 Å². The summed E-state index contributed by atoms with van der Waals surface area (Å²) in [5, 5.41) is 19.8. The van der Waals surface area contributed by atoms with Crippen LogP contribution < -0.4 is 9.64 Å². The van der Waals surface area contributed by atoms with E-state index in [-0.39, 0.29) is 5.57 Å². The lowest BCUT2D eigenvalue weighted by atomic mass is 9.95. The number of carbonyl (C=O) groups is 2. The van der Waals surface area contributed by atoms with Crippen LogP contribution in [0.4, 0.5) is 5.13 Å². The standard InChI is InChI=1S/C24H21N3O4S/c1-3-31-18-11-7-10-17(14-18)21-20(19(28)13-12-16-8-5-4-6-9-16)22(29)23(30)27(21)24-26-25-15(2)32-24/h4-14,21,29H,3H2,1-2H3/b13-12+. The molecule has 1 unspecified atom stereocenters. The molecule has 0 saturated carbocycles. The van der Waals surface area contributed by atoms with Crippen molar-refractivity contribution in [2.45, 2.75) is 19.9 Å². The summed E-state index contributed by atoms with van der Waals surface area (Å²) in [4.78, 5) is 27.6. The molecule has 32 heavy (non-hydrogen) atoms. The molecule has 0 bridgehead atoms. The first kappa shape index (κ1) is 21.5. The molecule has 1 amide bonds. The largest absolute Gasteiger partial charge is 0.503 e. The van der Waals surface area contributed by atoms with E-state index in [4.69, 9.17) is 4.74 Å². The first-order valence-corrected chi connectivity index (χ1v) is 10.9. The number of rotatable bonds is 7. The molecule has 1 aliphatic heterocycles. The van der Waals surface area contributed by atoms with Gasteiger partial charge in [-0.25, -0.2) is 0 Å². The zero-order valence-electron chi connectivity index (χ0n) is 17.6. The smallest absolute Gasteiger partial charge is 0.296 e. The van der Waals surface area contributed by atoms with Gasteiger partial charge in [-0.2, -0.15) is 0 Å². The number of benzene rings is 2. The lowest BCUT2D eigenvalue weighted by Gasteiger charge is -2.24. The highest BCUT2D eigenvalue weighted by Crippen LogP contribution is 2.42. The second kappa shape index (κ2) is 9.15. The van der Waals surface area contributed by atoms with E-state index in [0.717, 1.165) is 5.56 Å². The van der Waals surface area contributed by atoms with E-state index in [2.05, 4.69) is 10.2 Å². The molecule has 1 atom stereocenters. The second-order valence-corrected chi connectivity index (χ2v) is 8.22. The quantitative estimate of drug-likeness (QED) is 0.539. The summed E-state index contributed by atoms with van der Waals surface area (Å²) in [6, 6.07) is 15.6. The summed E-state index contributed by atoms with van der Waals surface area (Å²) < 4.78 is 5.60. The number of aromatic nitrogens is 2. The van der Waals surface area contributed by atoms with Gasteiger partial charge in [-0.05, 0) is 43.2 Å². The van der Waals surface area contributed by atoms with Gasteiger partial charge in [0.25, 0.3) is 5.91 Å². The van der Waals surface area contributed by atoms with Gasteiger partial charge in [-0.1, -0.05) is 59.9 Å². The normalized spacial score (nSPS) is 16.2. The minimum atomic E-state index is -0.858. The molecule has 1 aromatic heterocycles. The number of allylic oxidation sites excluding steroid dienone is 1. The molecule has 8 heteroatoms. The Kier molecular flexibility index (Phi) is 6.13. The van der Waals surface area contributed by atoms with Gasteiger partial charge in [0.1, 0.15) is 10.8 Å². The number of ether oxygens (including phenoxy) is 1. The number of nitrogens with zero attached hydrogens (tertiary/aromatic N) is 3. The van der Waals surface area contributed by atoms with E-state index in [1.807, 2.05) is 37.3 Å². The van der Waals surface area contributed by atoms with Gasteiger partial charge in [-0.3, -0.25) is 14.5 Å². The molecule has 0 saturated heterocycles. The Morgan fingerprint density at radius 1 is 1.19 bits per heavy atom. The molecule has 7 nitrogen and oxygen atoms in total. The summed E-state index contributed by atoms with van der Waals surface area (Å²) in [7, 11) is 0. The minimum absolute atomic E-state index is 0.0105. The SMILES string of the molecule is CCOc1cccc(C2C(C(=O)/C=C/c3ccccc3)=C(O)C(=O)N2c2nnc(C)s2)c1. The molecular weight excluding hydrogens is 426 g/mol. The monoisotopic (exact) mass is 447 g/mol. The van der Waals surface area contributed by atoms with E-state index in [0.29, 0.717) is 28.1 Å². The van der Waals surface area contributed by atoms with Gasteiger partial charge in [-0.15, -0.1) is 10.2 Å². The fourth-order valence-electron chi connectivity index (χ4n) is 3.52. The third-order valence-electron chi connectivity index (χ3n) is 4.91. The predicted octanol–water partition coefficient (Wildman–Crippen LogP) is 4.43. The summed E-state index contributed by atoms with van der Waals surface area (Å²) in [5.74, 6) is -1.14. The zero-order chi connectivity index (χ0) is 22.7. The van der Waals surface area contributed by atoms with E-state index in [1.54, 1.807) is 37.3 Å². The second-order valence-electron chi connectivity index (χ2n) is 7.06. The molecule has 2 heterocycles. The van der Waals surface area contributed by atoms with Crippen molar-refractivity contribution in [1.82, 2.24) is 10.2 Å². The number of amides is 1. The van der Waals surface area contributed by atoms with Gasteiger partial charge in [0.2, 0.25) is 5.13 Å². The third kappa shape index (κ3) is 4.17. The maximum absolute atomic E-state index is 13.2. The van der Waals surface area contributed by atoms with E-state index >= 15 is 0 Å². The Morgan fingerprint density at radius 3 is 2.66 bits per heavy atom. The van der Waals surface area contributed by atoms with Crippen LogP contribution in [0.25, 0.3) is 6.08 Å². The Morgan fingerprint density at radius 2 is 1.97 bits per heavy atom. The minimum Gasteiger partial charge on any atom is -0.503 e. The van der Waals surface area contributed by atoms with Gasteiger partial charge in [0, 0.05) is 0 Å². The van der Waals surface area contributed by atoms with Gasteiger partial charge in [0.15, 0.2) is 11.5 Å². The molecule has 0 spiro atoms. The molecule has 2 aromatic carbocycles. The average Bonchev–Trinajstić information content (AvgIpc) is 3.34.